The lowest BCUT2D eigenvalue weighted by atomic mass is 9.83. The predicted molar refractivity (Wildman–Crippen MR) is 73.5 cm³/mol. The molecule has 1 aromatic rings. The summed E-state index contributed by atoms with van der Waals surface area (Å²) < 4.78 is 76.7. The van der Waals surface area contributed by atoms with Crippen molar-refractivity contribution in [2.75, 3.05) is 0 Å². The van der Waals surface area contributed by atoms with Crippen LogP contribution in [0, 0.1) is 5.41 Å². The summed E-state index contributed by atoms with van der Waals surface area (Å²) in [5.74, 6) is 0. The van der Waals surface area contributed by atoms with Gasteiger partial charge in [-0.2, -0.15) is 26.3 Å². The molecular formula is C15H19F6NO. The Morgan fingerprint density at radius 2 is 1.30 bits per heavy atom. The number of rotatable bonds is 3. The lowest BCUT2D eigenvalue weighted by Crippen LogP contribution is -2.36. The molecule has 0 saturated heterocycles. The first kappa shape index (κ1) is 19.8. The van der Waals surface area contributed by atoms with Crippen molar-refractivity contribution in [1.82, 2.24) is 0 Å². The Morgan fingerprint density at radius 3 is 1.61 bits per heavy atom. The molecule has 0 aromatic heterocycles. The van der Waals surface area contributed by atoms with E-state index in [1.54, 1.807) is 20.8 Å². The van der Waals surface area contributed by atoms with Gasteiger partial charge in [-0.1, -0.05) is 20.8 Å². The number of nitrogens with two attached hydrogens (primary N) is 1. The summed E-state index contributed by atoms with van der Waals surface area (Å²) in [6.45, 7) is 5.28. The van der Waals surface area contributed by atoms with Gasteiger partial charge in [-0.05, 0) is 35.6 Å². The van der Waals surface area contributed by atoms with Crippen molar-refractivity contribution in [2.45, 2.75) is 51.7 Å². The number of aliphatic hydroxyl groups is 1. The van der Waals surface area contributed by atoms with Crippen LogP contribution in [0.2, 0.25) is 0 Å². The topological polar surface area (TPSA) is 46.2 Å². The molecule has 0 aliphatic rings. The fourth-order valence-electron chi connectivity index (χ4n) is 1.90. The van der Waals surface area contributed by atoms with Crippen molar-refractivity contribution in [3.8, 4) is 0 Å². The maximum atomic E-state index is 12.8. The fourth-order valence-corrected chi connectivity index (χ4v) is 1.90. The third-order valence-corrected chi connectivity index (χ3v) is 3.58. The van der Waals surface area contributed by atoms with Gasteiger partial charge in [0.15, 0.2) is 0 Å². The summed E-state index contributed by atoms with van der Waals surface area (Å²) in [6.07, 6.45) is -11.6. The first-order valence-electron chi connectivity index (χ1n) is 6.85. The Balaban J connectivity index is 3.25. The average Bonchev–Trinajstić information content (AvgIpc) is 2.34. The van der Waals surface area contributed by atoms with E-state index in [0.29, 0.717) is 12.1 Å². The molecule has 3 N–H and O–H groups in total. The number of alkyl halides is 6. The maximum absolute atomic E-state index is 12.8. The Bertz CT molecular complexity index is 512. The van der Waals surface area contributed by atoms with E-state index in [9.17, 15) is 31.4 Å². The van der Waals surface area contributed by atoms with Crippen LogP contribution < -0.4 is 5.73 Å². The molecule has 0 spiro atoms. The number of benzene rings is 1. The molecule has 0 amide bonds. The van der Waals surface area contributed by atoms with E-state index >= 15 is 0 Å². The van der Waals surface area contributed by atoms with Gasteiger partial charge in [0.25, 0.3) is 0 Å². The molecule has 0 bridgehead atoms. The summed E-state index contributed by atoms with van der Waals surface area (Å²) in [4.78, 5) is 0. The molecular weight excluding hydrogens is 324 g/mol. The van der Waals surface area contributed by atoms with Gasteiger partial charge >= 0.3 is 12.4 Å². The molecule has 132 valence electrons. The molecule has 1 rings (SSSR count). The average molecular weight is 343 g/mol. The Labute approximate surface area is 130 Å². The minimum absolute atomic E-state index is 0.0277. The van der Waals surface area contributed by atoms with Gasteiger partial charge in [0.2, 0.25) is 0 Å². The third kappa shape index (κ3) is 5.39. The van der Waals surface area contributed by atoms with Crippen molar-refractivity contribution in [2.24, 2.45) is 11.1 Å². The number of hydrogen-bond donors (Lipinski definition) is 2. The van der Waals surface area contributed by atoms with Crippen LogP contribution in [-0.4, -0.2) is 11.1 Å². The molecule has 0 unspecified atom stereocenters. The maximum Gasteiger partial charge on any atom is 0.416 e. The van der Waals surface area contributed by atoms with Crippen LogP contribution in [0.5, 0.6) is 0 Å². The Morgan fingerprint density at radius 1 is 0.913 bits per heavy atom. The molecule has 0 saturated carbocycles. The van der Waals surface area contributed by atoms with Gasteiger partial charge in [0, 0.05) is 6.04 Å². The summed E-state index contributed by atoms with van der Waals surface area (Å²) in [7, 11) is 0. The zero-order valence-corrected chi connectivity index (χ0v) is 12.9. The fraction of sp³-hybridized carbons (Fsp3) is 0.600. The van der Waals surface area contributed by atoms with Gasteiger partial charge in [0.05, 0.1) is 17.2 Å². The van der Waals surface area contributed by atoms with Crippen LogP contribution in [0.25, 0.3) is 0 Å². The summed E-state index contributed by atoms with van der Waals surface area (Å²) >= 11 is 0. The summed E-state index contributed by atoms with van der Waals surface area (Å²) in [5.41, 5.74) is 2.03. The zero-order chi connectivity index (χ0) is 18.2. The zero-order valence-electron chi connectivity index (χ0n) is 12.9. The second kappa shape index (κ2) is 6.32. The normalized spacial score (nSPS) is 16.3. The SMILES string of the molecule is CC(C)(C)[C@@H](N)C[C@H](O)c1cc(C(F)(F)F)cc(C(F)(F)F)c1. The lowest BCUT2D eigenvalue weighted by molar-refractivity contribution is -0.143. The molecule has 1 aromatic carbocycles. The van der Waals surface area contributed by atoms with Crippen LogP contribution in [0.4, 0.5) is 26.3 Å². The van der Waals surface area contributed by atoms with Crippen molar-refractivity contribution in [3.05, 3.63) is 34.9 Å². The van der Waals surface area contributed by atoms with Crippen LogP contribution in [0.15, 0.2) is 18.2 Å². The molecule has 2 nitrogen and oxygen atoms in total. The van der Waals surface area contributed by atoms with E-state index in [0.717, 1.165) is 0 Å². The van der Waals surface area contributed by atoms with E-state index in [4.69, 9.17) is 5.73 Å². The lowest BCUT2D eigenvalue weighted by Gasteiger charge is -2.29. The minimum Gasteiger partial charge on any atom is -0.388 e. The van der Waals surface area contributed by atoms with Crippen LogP contribution in [0.1, 0.15) is 50.0 Å². The van der Waals surface area contributed by atoms with Crippen LogP contribution in [0.3, 0.4) is 0 Å². The Hall–Kier alpha value is -1.28. The second-order valence-electron chi connectivity index (χ2n) is 6.56. The monoisotopic (exact) mass is 343 g/mol. The van der Waals surface area contributed by atoms with Crippen molar-refractivity contribution < 1.29 is 31.4 Å². The van der Waals surface area contributed by atoms with Gasteiger partial charge in [-0.15, -0.1) is 0 Å². The summed E-state index contributed by atoms with van der Waals surface area (Å²) in [5, 5.41) is 10.0. The van der Waals surface area contributed by atoms with Gasteiger partial charge in [0.1, 0.15) is 0 Å². The van der Waals surface area contributed by atoms with Crippen LogP contribution in [-0.2, 0) is 12.4 Å². The van der Waals surface area contributed by atoms with Crippen LogP contribution >= 0.6 is 0 Å². The molecule has 23 heavy (non-hydrogen) atoms. The van der Waals surface area contributed by atoms with E-state index in [1.807, 2.05) is 0 Å². The molecule has 0 aliphatic carbocycles. The molecule has 0 radical (unpaired) electrons. The molecule has 0 heterocycles. The predicted octanol–water partition coefficient (Wildman–Crippen LogP) is 4.52. The van der Waals surface area contributed by atoms with E-state index < -0.39 is 46.6 Å². The highest BCUT2D eigenvalue weighted by Gasteiger charge is 2.37. The first-order chi connectivity index (χ1) is 10.1. The van der Waals surface area contributed by atoms with Gasteiger partial charge in [-0.3, -0.25) is 0 Å². The highest BCUT2D eigenvalue weighted by atomic mass is 19.4. The van der Waals surface area contributed by atoms with Crippen molar-refractivity contribution >= 4 is 0 Å². The Kier molecular flexibility index (Phi) is 5.43. The quantitative estimate of drug-likeness (QED) is 0.793. The largest absolute Gasteiger partial charge is 0.416 e. The van der Waals surface area contributed by atoms with E-state index in [1.165, 1.54) is 0 Å². The first-order valence-corrected chi connectivity index (χ1v) is 6.85. The highest BCUT2D eigenvalue weighted by molar-refractivity contribution is 5.34. The molecule has 2 atom stereocenters. The van der Waals surface area contributed by atoms with E-state index in [2.05, 4.69) is 0 Å². The number of halogens is 6. The number of hydrogen-bond acceptors (Lipinski definition) is 2. The molecule has 0 aliphatic heterocycles. The smallest absolute Gasteiger partial charge is 0.388 e. The summed E-state index contributed by atoms with van der Waals surface area (Å²) in [6, 6.07) is 0.478. The minimum atomic E-state index is -4.94. The second-order valence-corrected chi connectivity index (χ2v) is 6.56. The van der Waals surface area contributed by atoms with Crippen molar-refractivity contribution in [3.63, 3.8) is 0 Å². The molecule has 0 fully saturated rings. The van der Waals surface area contributed by atoms with Crippen molar-refractivity contribution in [1.29, 1.82) is 0 Å². The standard InChI is InChI=1S/C15H19F6NO/c1-13(2,3)12(22)7-11(23)8-4-9(14(16,17)18)6-10(5-8)15(19,20)21/h4-6,11-12,23H,7,22H2,1-3H3/t11-,12-/m0/s1. The van der Waals surface area contributed by atoms with Gasteiger partial charge in [-0.25, -0.2) is 0 Å². The number of aliphatic hydroxyl groups excluding tert-OH is 1. The van der Waals surface area contributed by atoms with E-state index in [-0.39, 0.29) is 12.5 Å². The highest BCUT2D eigenvalue weighted by Crippen LogP contribution is 2.38. The molecule has 8 heteroatoms. The van der Waals surface area contributed by atoms with Gasteiger partial charge < -0.3 is 10.8 Å². The third-order valence-electron chi connectivity index (χ3n) is 3.58.